The average molecular weight is 688 g/mol. The molecule has 0 spiro atoms. The van der Waals surface area contributed by atoms with Crippen molar-refractivity contribution in [3.05, 3.63) is 110 Å². The van der Waals surface area contributed by atoms with Gasteiger partial charge < -0.3 is 25.2 Å². The summed E-state index contributed by atoms with van der Waals surface area (Å²) in [5.41, 5.74) is 1.98. The molecule has 11 nitrogen and oxygen atoms in total. The minimum Gasteiger partial charge on any atom is -0.495 e. The van der Waals surface area contributed by atoms with Crippen molar-refractivity contribution in [3.8, 4) is 5.75 Å². The summed E-state index contributed by atoms with van der Waals surface area (Å²) >= 11 is 5.97. The number of nitro benzene ring substituents is 1. The fraction of sp³-hybridized carbons (Fsp3) is 0.382. The zero-order valence-electron chi connectivity index (χ0n) is 26.6. The lowest BCUT2D eigenvalue weighted by atomic mass is 10.1. The smallest absolute Gasteiger partial charge is 0.278 e. The van der Waals surface area contributed by atoms with E-state index < -0.39 is 11.0 Å². The van der Waals surface area contributed by atoms with Crippen LogP contribution in [0.5, 0.6) is 5.75 Å². The molecule has 0 unspecified atom stereocenters. The number of carbonyl (C=O) groups excluding carboxylic acids is 1. The zero-order chi connectivity index (χ0) is 34.6. The van der Waals surface area contributed by atoms with Gasteiger partial charge in [-0.05, 0) is 47.5 Å². The number of benzene rings is 3. The summed E-state index contributed by atoms with van der Waals surface area (Å²) in [7, 11) is 1.39. The number of nitro groups is 1. The van der Waals surface area contributed by atoms with Gasteiger partial charge in [0.15, 0.2) is 0 Å². The van der Waals surface area contributed by atoms with E-state index in [1.54, 1.807) is 12.1 Å². The van der Waals surface area contributed by atoms with Crippen molar-refractivity contribution in [2.45, 2.75) is 25.2 Å². The minimum atomic E-state index is -0.583. The molecule has 1 amide bonds. The molecular weight excluding hydrogens is 648 g/mol. The van der Waals surface area contributed by atoms with Crippen molar-refractivity contribution in [1.82, 2.24) is 20.0 Å². The molecule has 3 aromatic rings. The average Bonchev–Trinajstić information content (AvgIpc) is 3.09. The molecule has 5 rings (SSSR count). The van der Waals surface area contributed by atoms with Crippen molar-refractivity contribution in [3.63, 3.8) is 0 Å². The lowest BCUT2D eigenvalue weighted by Gasteiger charge is -2.40. The third-order valence-corrected chi connectivity index (χ3v) is 8.46. The Balaban J connectivity index is 0.000000271. The molecule has 2 aliphatic rings. The van der Waals surface area contributed by atoms with Crippen molar-refractivity contribution in [1.29, 1.82) is 0 Å². The summed E-state index contributed by atoms with van der Waals surface area (Å²) in [4.78, 5) is 29.4. The molecule has 0 bridgehead atoms. The molecule has 2 heterocycles. The summed E-state index contributed by atoms with van der Waals surface area (Å²) < 4.78 is 30.9. The molecule has 2 atom stereocenters. The lowest BCUT2D eigenvalue weighted by Crippen LogP contribution is -2.55. The van der Waals surface area contributed by atoms with E-state index in [1.165, 1.54) is 60.6 Å². The van der Waals surface area contributed by atoms with Crippen molar-refractivity contribution in [2.24, 2.45) is 0 Å². The van der Waals surface area contributed by atoms with Gasteiger partial charge in [-0.2, -0.15) is 0 Å². The maximum atomic E-state index is 13.1. The maximum Gasteiger partial charge on any atom is 0.278 e. The molecular formula is C34H40ClF2N5O6. The number of carbonyl (C=O) groups is 1. The monoisotopic (exact) mass is 687 g/mol. The summed E-state index contributed by atoms with van der Waals surface area (Å²) in [5.74, 6) is -0.610. The molecule has 0 aliphatic carbocycles. The van der Waals surface area contributed by atoms with E-state index in [1.807, 2.05) is 12.1 Å². The van der Waals surface area contributed by atoms with Crippen LogP contribution in [0.1, 0.15) is 16.7 Å². The number of rotatable bonds is 10. The number of methoxy groups -OCH3 is 1. The first-order valence-corrected chi connectivity index (χ1v) is 15.9. The van der Waals surface area contributed by atoms with E-state index in [2.05, 4.69) is 15.1 Å². The van der Waals surface area contributed by atoms with Crippen LogP contribution in [0, 0.1) is 21.7 Å². The van der Waals surface area contributed by atoms with Crippen molar-refractivity contribution >= 4 is 29.3 Å². The molecule has 2 fully saturated rings. The molecule has 14 heteroatoms. The highest BCUT2D eigenvalue weighted by Crippen LogP contribution is 2.33. The first-order chi connectivity index (χ1) is 23.1. The van der Waals surface area contributed by atoms with E-state index in [-0.39, 0.29) is 58.8 Å². The van der Waals surface area contributed by atoms with Crippen LogP contribution < -0.4 is 10.1 Å². The molecule has 2 aliphatic heterocycles. The number of ether oxygens (including phenoxy) is 1. The highest BCUT2D eigenvalue weighted by Gasteiger charge is 2.29. The minimum absolute atomic E-state index is 0.0975. The summed E-state index contributed by atoms with van der Waals surface area (Å²) in [6, 6.07) is 15.1. The fourth-order valence-electron chi connectivity index (χ4n) is 5.63. The van der Waals surface area contributed by atoms with Crippen LogP contribution in [0.4, 0.5) is 14.5 Å². The molecule has 0 saturated carbocycles. The first kappa shape index (κ1) is 36.8. The number of nitrogens with zero attached hydrogens (tertiary/aromatic N) is 4. The number of nitrogens with one attached hydrogen (secondary N) is 1. The Bertz CT molecular complexity index is 1550. The largest absolute Gasteiger partial charge is 0.495 e. The number of amides is 1. The standard InChI is InChI=1S/C22H23ClFN3O5.C12H17FN2O/c1-32-21-10-16(20(27(30)31)11-19(21)23)4-7-22(29)26-9-8-25(13-18(26)14-28)12-15-2-5-17(24)6-3-15;13-11-3-1-10(2-4-11)7-15-6-5-14-12(8-15)9-16/h2-7,10-11,18,28H,8-9,12-14H2,1H3;1-4,12,14,16H,5-9H2/b7-4+;/t18-;12-/m00/s1. The molecule has 0 radical (unpaired) electrons. The Morgan fingerprint density at radius 3 is 2.12 bits per heavy atom. The number of halogens is 3. The Hall–Kier alpha value is -3.98. The van der Waals surface area contributed by atoms with E-state index in [0.29, 0.717) is 26.2 Å². The summed E-state index contributed by atoms with van der Waals surface area (Å²) in [6.07, 6.45) is 2.59. The predicted octanol–water partition coefficient (Wildman–Crippen LogP) is 3.71. The number of aliphatic hydroxyl groups excluding tert-OH is 2. The molecule has 258 valence electrons. The van der Waals surface area contributed by atoms with E-state index in [4.69, 9.17) is 21.4 Å². The van der Waals surface area contributed by atoms with Crippen LogP contribution in [0.25, 0.3) is 6.08 Å². The molecule has 3 N–H and O–H groups in total. The van der Waals surface area contributed by atoms with Gasteiger partial charge in [0, 0.05) is 70.5 Å². The number of piperazine rings is 2. The molecule has 2 saturated heterocycles. The van der Waals surface area contributed by atoms with E-state index >= 15 is 0 Å². The van der Waals surface area contributed by atoms with Gasteiger partial charge >= 0.3 is 0 Å². The second kappa shape index (κ2) is 18.0. The van der Waals surface area contributed by atoms with Crippen LogP contribution in [0.2, 0.25) is 5.02 Å². The Labute approximate surface area is 283 Å². The molecule has 0 aromatic heterocycles. The normalized spacial score (nSPS) is 18.8. The van der Waals surface area contributed by atoms with Gasteiger partial charge in [0.1, 0.15) is 17.4 Å². The highest BCUT2D eigenvalue weighted by molar-refractivity contribution is 6.32. The van der Waals surface area contributed by atoms with Crippen LogP contribution >= 0.6 is 11.6 Å². The molecule has 3 aromatic carbocycles. The Morgan fingerprint density at radius 1 is 0.979 bits per heavy atom. The van der Waals surface area contributed by atoms with Crippen LogP contribution in [0.15, 0.2) is 66.7 Å². The topological polar surface area (TPSA) is 132 Å². The predicted molar refractivity (Wildman–Crippen MR) is 179 cm³/mol. The second-order valence-electron chi connectivity index (χ2n) is 11.6. The van der Waals surface area contributed by atoms with Crippen molar-refractivity contribution < 1.29 is 33.4 Å². The van der Waals surface area contributed by atoms with Gasteiger partial charge in [-0.3, -0.25) is 24.7 Å². The highest BCUT2D eigenvalue weighted by atomic mass is 35.5. The first-order valence-electron chi connectivity index (χ1n) is 15.5. The van der Waals surface area contributed by atoms with Gasteiger partial charge in [-0.25, -0.2) is 8.78 Å². The third-order valence-electron chi connectivity index (χ3n) is 8.16. The van der Waals surface area contributed by atoms with Gasteiger partial charge in [0.2, 0.25) is 5.91 Å². The van der Waals surface area contributed by atoms with E-state index in [0.717, 1.165) is 37.3 Å². The van der Waals surface area contributed by atoms with E-state index in [9.17, 15) is 28.8 Å². The fourth-order valence-corrected chi connectivity index (χ4v) is 5.86. The van der Waals surface area contributed by atoms with Gasteiger partial charge in [0.25, 0.3) is 5.69 Å². The maximum absolute atomic E-state index is 13.1. The lowest BCUT2D eigenvalue weighted by molar-refractivity contribution is -0.385. The van der Waals surface area contributed by atoms with Gasteiger partial charge in [0.05, 0.1) is 41.9 Å². The zero-order valence-corrected chi connectivity index (χ0v) is 27.4. The van der Waals surface area contributed by atoms with Gasteiger partial charge in [-0.1, -0.05) is 35.9 Å². The number of hydrogen-bond acceptors (Lipinski definition) is 9. The van der Waals surface area contributed by atoms with Crippen molar-refractivity contribution in [2.75, 3.05) is 59.6 Å². The Kier molecular flexibility index (Phi) is 13.8. The summed E-state index contributed by atoms with van der Waals surface area (Å²) in [5, 5.41) is 33.6. The quantitative estimate of drug-likeness (QED) is 0.166. The number of aliphatic hydroxyl groups is 2. The van der Waals surface area contributed by atoms with Gasteiger partial charge in [-0.15, -0.1) is 0 Å². The van der Waals surface area contributed by atoms with Crippen LogP contribution in [0.3, 0.4) is 0 Å². The summed E-state index contributed by atoms with van der Waals surface area (Å²) in [6.45, 7) is 5.43. The third kappa shape index (κ3) is 10.5. The number of hydrogen-bond donors (Lipinski definition) is 3. The molecule has 48 heavy (non-hydrogen) atoms. The SMILES string of the molecule is COc1cc(/C=C/C(=O)N2CCN(Cc3ccc(F)cc3)C[C@H]2CO)c([N+](=O)[O-])cc1Cl.OC[C@@H]1CN(Cc2ccc(F)cc2)CCN1. The van der Waals surface area contributed by atoms with Crippen LogP contribution in [-0.4, -0.2) is 107 Å². The second-order valence-corrected chi connectivity index (χ2v) is 12.0. The van der Waals surface area contributed by atoms with Crippen LogP contribution in [-0.2, 0) is 17.9 Å². The Morgan fingerprint density at radius 2 is 1.58 bits per heavy atom.